The molecule has 0 aromatic carbocycles. The summed E-state index contributed by atoms with van der Waals surface area (Å²) in [5, 5.41) is 7.07. The van der Waals surface area contributed by atoms with Gasteiger partial charge in [-0.1, -0.05) is 6.42 Å². The molecular weight excluding hydrogens is 159 g/mol. The maximum Gasteiger partial charge on any atom is 1.00 e. The van der Waals surface area contributed by atoms with Gasteiger partial charge in [0.15, 0.2) is 5.89 Å². The molecule has 0 spiro atoms. The first-order valence-electron chi connectivity index (χ1n) is 2.47. The van der Waals surface area contributed by atoms with Crippen LogP contribution in [0.5, 0.6) is 0 Å². The smallest absolute Gasteiger partial charge is 0.541 e. The Hall–Kier alpha value is 0.446. The number of hydrogen-bond donors (Lipinski definition) is 0. The number of nitrogens with zero attached hydrogens (tertiary/aromatic N) is 2. The van der Waals surface area contributed by atoms with Crippen molar-refractivity contribution in [1.82, 2.24) is 10.2 Å². The number of aromatic nitrogens is 2. The maximum absolute atomic E-state index is 9.73. The number of carbonyl (C=O) groups excluding carboxylic acids is 1. The van der Waals surface area contributed by atoms with Gasteiger partial charge in [-0.25, -0.2) is 0 Å². The van der Waals surface area contributed by atoms with Crippen LogP contribution in [0, 0.1) is 6.92 Å². The Balaban J connectivity index is 0.000000810. The zero-order valence-corrected chi connectivity index (χ0v) is 9.04. The van der Waals surface area contributed by atoms with Crippen LogP contribution in [0.2, 0.25) is 0 Å². The molecular formula is C5H5KN2O2. The number of hydrogen-bond acceptors (Lipinski definition) is 4. The number of rotatable bonds is 2. The average molecular weight is 164 g/mol. The summed E-state index contributed by atoms with van der Waals surface area (Å²) in [5.74, 6) is 0.794. The first kappa shape index (κ1) is 10.4. The molecule has 1 aromatic rings. The molecule has 0 saturated heterocycles. The Morgan fingerprint density at radius 1 is 1.60 bits per heavy atom. The van der Waals surface area contributed by atoms with Crippen molar-refractivity contribution in [2.24, 2.45) is 0 Å². The molecule has 4 nitrogen and oxygen atoms in total. The van der Waals surface area contributed by atoms with Crippen molar-refractivity contribution in [3.63, 3.8) is 0 Å². The Morgan fingerprint density at radius 3 is 2.70 bits per heavy atom. The minimum Gasteiger partial charge on any atom is -0.541 e. The fourth-order valence-corrected chi connectivity index (χ4v) is 0.471. The van der Waals surface area contributed by atoms with Gasteiger partial charge in [0.2, 0.25) is 5.89 Å². The Kier molecular flexibility index (Phi) is 5.37. The van der Waals surface area contributed by atoms with Crippen molar-refractivity contribution in [2.75, 3.05) is 0 Å². The maximum atomic E-state index is 9.73. The van der Waals surface area contributed by atoms with E-state index in [4.69, 9.17) is 4.42 Å². The van der Waals surface area contributed by atoms with E-state index in [2.05, 4.69) is 10.2 Å². The van der Waals surface area contributed by atoms with E-state index in [0.717, 1.165) is 0 Å². The van der Waals surface area contributed by atoms with E-state index in [1.807, 2.05) is 0 Å². The Labute approximate surface area is 101 Å². The third kappa shape index (κ3) is 3.02. The second-order valence-electron chi connectivity index (χ2n) is 1.54. The molecule has 10 heavy (non-hydrogen) atoms. The summed E-state index contributed by atoms with van der Waals surface area (Å²) in [4.78, 5) is 9.73. The monoisotopic (exact) mass is 164 g/mol. The van der Waals surface area contributed by atoms with Gasteiger partial charge < -0.3 is 9.21 Å². The summed E-state index contributed by atoms with van der Waals surface area (Å²) in [5.41, 5.74) is 0. The Morgan fingerprint density at radius 2 is 2.30 bits per heavy atom. The van der Waals surface area contributed by atoms with Crippen molar-refractivity contribution in [2.45, 2.75) is 13.3 Å². The largest absolute Gasteiger partial charge is 1.00 e. The molecule has 0 amide bonds. The summed E-state index contributed by atoms with van der Waals surface area (Å²) in [6.07, 6.45) is 1.74. The van der Waals surface area contributed by atoms with Crippen LogP contribution in [0.1, 0.15) is 11.8 Å². The summed E-state index contributed by atoms with van der Waals surface area (Å²) >= 11 is 0. The van der Waals surface area contributed by atoms with Gasteiger partial charge in [-0.05, 0) is 0 Å². The molecule has 0 saturated carbocycles. The van der Waals surface area contributed by atoms with E-state index in [1.54, 1.807) is 13.2 Å². The summed E-state index contributed by atoms with van der Waals surface area (Å²) in [6.45, 7) is 1.67. The van der Waals surface area contributed by atoms with Crippen molar-refractivity contribution in [1.29, 1.82) is 0 Å². The molecule has 0 N–H and O–H groups in total. The molecule has 0 unspecified atom stereocenters. The van der Waals surface area contributed by atoms with Crippen LogP contribution >= 0.6 is 0 Å². The fourth-order valence-electron chi connectivity index (χ4n) is 0.471. The van der Waals surface area contributed by atoms with E-state index in [0.29, 0.717) is 11.8 Å². The minimum absolute atomic E-state index is 0. The molecule has 0 fully saturated rings. The first-order valence-corrected chi connectivity index (χ1v) is 2.47. The third-order valence-electron chi connectivity index (χ3n) is 0.791. The van der Waals surface area contributed by atoms with E-state index in [1.165, 1.54) is 0 Å². The topological polar surface area (TPSA) is 56.0 Å². The molecule has 0 aliphatic rings. The van der Waals surface area contributed by atoms with Crippen molar-refractivity contribution in [3.05, 3.63) is 11.8 Å². The van der Waals surface area contributed by atoms with Crippen molar-refractivity contribution in [3.8, 4) is 0 Å². The van der Waals surface area contributed by atoms with Gasteiger partial charge in [-0.15, -0.1) is 10.2 Å². The molecule has 0 aliphatic carbocycles. The molecule has 0 radical (unpaired) electrons. The molecule has 48 valence electrons. The zero-order valence-electron chi connectivity index (χ0n) is 5.92. The van der Waals surface area contributed by atoms with Gasteiger partial charge in [0.05, 0.1) is 0 Å². The normalized spacial score (nSPS) is 8.50. The van der Waals surface area contributed by atoms with Crippen LogP contribution in [0.25, 0.3) is 0 Å². The molecule has 1 heterocycles. The van der Waals surface area contributed by atoms with Crippen LogP contribution in [-0.4, -0.2) is 16.5 Å². The molecule has 0 aliphatic heterocycles. The van der Waals surface area contributed by atoms with Crippen LogP contribution < -0.4 is 51.4 Å². The molecule has 1 rings (SSSR count). The molecule has 0 bridgehead atoms. The van der Waals surface area contributed by atoms with Gasteiger partial charge in [0.1, 0.15) is 0 Å². The van der Waals surface area contributed by atoms with Gasteiger partial charge in [0.25, 0.3) is 0 Å². The second kappa shape index (κ2) is 5.14. The third-order valence-corrected chi connectivity index (χ3v) is 0.791. The van der Waals surface area contributed by atoms with E-state index < -0.39 is 0 Å². The minimum atomic E-state index is 0. The van der Waals surface area contributed by atoms with Crippen LogP contribution in [-0.2, 0) is 11.2 Å². The van der Waals surface area contributed by atoms with Crippen LogP contribution in [0.3, 0.4) is 0 Å². The predicted octanol–water partition coefficient (Wildman–Crippen LogP) is -2.97. The van der Waals surface area contributed by atoms with E-state index in [9.17, 15) is 4.79 Å². The standard InChI is InChI=1S/C5H5N2O2.K/c1-4-6-7-5(9-4)2-3-8;/h2H2,1H3;/q-1;+1. The fraction of sp³-hybridized carbons (Fsp3) is 0.400. The van der Waals surface area contributed by atoms with Gasteiger partial charge >= 0.3 is 51.4 Å². The number of aryl methyl sites for hydroxylation is 1. The summed E-state index contributed by atoms with van der Waals surface area (Å²) in [6, 6.07) is 0. The summed E-state index contributed by atoms with van der Waals surface area (Å²) < 4.78 is 4.84. The van der Waals surface area contributed by atoms with Crippen LogP contribution in [0.4, 0.5) is 0 Å². The summed E-state index contributed by atoms with van der Waals surface area (Å²) in [7, 11) is 0. The molecule has 5 heteroatoms. The average Bonchev–Trinajstić information content (AvgIpc) is 2.17. The van der Waals surface area contributed by atoms with Gasteiger partial charge in [-0.2, -0.15) is 0 Å². The predicted molar refractivity (Wildman–Crippen MR) is 28.4 cm³/mol. The zero-order chi connectivity index (χ0) is 6.69. The van der Waals surface area contributed by atoms with Crippen molar-refractivity contribution >= 4 is 6.29 Å². The Bertz CT molecular complexity index is 211. The quantitative estimate of drug-likeness (QED) is 0.346. The van der Waals surface area contributed by atoms with E-state index in [-0.39, 0.29) is 57.8 Å². The van der Waals surface area contributed by atoms with Gasteiger partial charge in [-0.3, -0.25) is 6.29 Å². The van der Waals surface area contributed by atoms with Gasteiger partial charge in [0, 0.05) is 6.92 Å². The molecule has 1 aromatic heterocycles. The SMILES string of the molecule is Cc1nnc(C[C-]=O)o1.[K+]. The first-order chi connectivity index (χ1) is 4.33. The molecule has 0 atom stereocenters. The van der Waals surface area contributed by atoms with Crippen LogP contribution in [0.15, 0.2) is 4.42 Å². The second-order valence-corrected chi connectivity index (χ2v) is 1.54. The van der Waals surface area contributed by atoms with E-state index >= 15 is 0 Å². The van der Waals surface area contributed by atoms with Crippen molar-refractivity contribution < 1.29 is 60.6 Å².